The number of aromatic amines is 1. The SMILES string of the molecule is N#CC(=CNc1cc(F)c(Br)c(C(F)(F)F)c1)c1nn[nH]n1. The highest BCUT2D eigenvalue weighted by molar-refractivity contribution is 9.10. The van der Waals surface area contributed by atoms with Gasteiger partial charge in [-0.05, 0) is 33.3 Å². The second-order valence-corrected chi connectivity index (χ2v) is 4.66. The lowest BCUT2D eigenvalue weighted by molar-refractivity contribution is -0.138. The maximum atomic E-state index is 13.5. The highest BCUT2D eigenvalue weighted by Gasteiger charge is 2.34. The van der Waals surface area contributed by atoms with Crippen molar-refractivity contribution in [1.82, 2.24) is 20.6 Å². The minimum atomic E-state index is -4.73. The average molecular weight is 377 g/mol. The van der Waals surface area contributed by atoms with Crippen LogP contribution in [-0.4, -0.2) is 20.6 Å². The zero-order valence-corrected chi connectivity index (χ0v) is 12.0. The van der Waals surface area contributed by atoms with Gasteiger partial charge < -0.3 is 5.32 Å². The van der Waals surface area contributed by atoms with Crippen LogP contribution < -0.4 is 5.32 Å². The van der Waals surface area contributed by atoms with Crippen LogP contribution in [0.3, 0.4) is 0 Å². The number of hydrogen-bond donors (Lipinski definition) is 2. The number of halogens is 5. The van der Waals surface area contributed by atoms with E-state index in [-0.39, 0.29) is 17.1 Å². The minimum Gasteiger partial charge on any atom is -0.360 e. The molecule has 2 aromatic rings. The molecule has 0 amide bonds. The molecule has 0 bridgehead atoms. The van der Waals surface area contributed by atoms with E-state index in [1.165, 1.54) is 0 Å². The maximum Gasteiger partial charge on any atom is 0.417 e. The van der Waals surface area contributed by atoms with E-state index in [4.69, 9.17) is 5.26 Å². The van der Waals surface area contributed by atoms with Crippen molar-refractivity contribution in [2.45, 2.75) is 6.18 Å². The van der Waals surface area contributed by atoms with E-state index in [9.17, 15) is 17.6 Å². The van der Waals surface area contributed by atoms with Crippen molar-refractivity contribution in [3.63, 3.8) is 0 Å². The standard InChI is InChI=1S/C11H5BrF4N6/c12-9-7(11(14,15)16)1-6(2-8(9)13)18-4-5(3-17)10-19-21-22-20-10/h1-2,4,18H,(H,19,20,21,22). The number of benzene rings is 1. The number of nitrogens with one attached hydrogen (secondary N) is 2. The molecule has 0 saturated heterocycles. The van der Waals surface area contributed by atoms with Gasteiger partial charge in [-0.2, -0.15) is 23.6 Å². The van der Waals surface area contributed by atoms with Gasteiger partial charge in [-0.1, -0.05) is 0 Å². The monoisotopic (exact) mass is 376 g/mol. The lowest BCUT2D eigenvalue weighted by atomic mass is 10.2. The highest BCUT2D eigenvalue weighted by Crippen LogP contribution is 2.38. The molecule has 0 aliphatic carbocycles. The summed E-state index contributed by atoms with van der Waals surface area (Å²) in [7, 11) is 0. The van der Waals surface area contributed by atoms with Crippen molar-refractivity contribution in [2.24, 2.45) is 0 Å². The summed E-state index contributed by atoms with van der Waals surface area (Å²) in [5, 5.41) is 23.8. The Hall–Kier alpha value is -2.48. The maximum absolute atomic E-state index is 13.5. The normalized spacial score (nSPS) is 12.1. The predicted octanol–water partition coefficient (Wildman–Crippen LogP) is 3.10. The molecule has 1 aromatic carbocycles. The smallest absolute Gasteiger partial charge is 0.360 e. The summed E-state index contributed by atoms with van der Waals surface area (Å²) in [6.07, 6.45) is -3.68. The second kappa shape index (κ2) is 6.10. The molecule has 2 rings (SSSR count). The minimum absolute atomic E-state index is 0.0522. The number of nitrogens with zero attached hydrogens (tertiary/aromatic N) is 4. The Morgan fingerprint density at radius 3 is 2.68 bits per heavy atom. The third-order valence-electron chi connectivity index (χ3n) is 2.42. The molecule has 1 aromatic heterocycles. The molecule has 0 saturated carbocycles. The number of anilines is 1. The molecule has 22 heavy (non-hydrogen) atoms. The molecular weight excluding hydrogens is 372 g/mol. The number of rotatable bonds is 3. The molecule has 11 heteroatoms. The van der Waals surface area contributed by atoms with E-state index in [0.29, 0.717) is 6.07 Å². The first kappa shape index (κ1) is 15.9. The van der Waals surface area contributed by atoms with Gasteiger partial charge in [0.1, 0.15) is 17.5 Å². The van der Waals surface area contributed by atoms with Gasteiger partial charge in [0.15, 0.2) is 0 Å². The fourth-order valence-electron chi connectivity index (χ4n) is 1.46. The summed E-state index contributed by atoms with van der Waals surface area (Å²) in [5.41, 5.74) is -1.46. The molecule has 2 N–H and O–H groups in total. The van der Waals surface area contributed by atoms with E-state index in [1.807, 2.05) is 0 Å². The molecule has 1 heterocycles. The van der Waals surface area contributed by atoms with Gasteiger partial charge in [0, 0.05) is 11.9 Å². The Labute approximate surface area is 129 Å². The van der Waals surface area contributed by atoms with E-state index in [0.717, 1.165) is 12.3 Å². The lowest BCUT2D eigenvalue weighted by Crippen LogP contribution is -2.08. The summed E-state index contributed by atoms with van der Waals surface area (Å²) in [5.74, 6) is -1.15. The molecular formula is C11H5BrF4N6. The number of nitriles is 1. The molecule has 114 valence electrons. The van der Waals surface area contributed by atoms with Gasteiger partial charge in [-0.25, -0.2) is 4.39 Å². The van der Waals surface area contributed by atoms with Gasteiger partial charge >= 0.3 is 6.18 Å². The zero-order chi connectivity index (χ0) is 16.3. The van der Waals surface area contributed by atoms with Crippen LogP contribution in [0.5, 0.6) is 0 Å². The Kier molecular flexibility index (Phi) is 4.41. The van der Waals surface area contributed by atoms with E-state index in [2.05, 4.69) is 41.9 Å². The summed E-state index contributed by atoms with van der Waals surface area (Å²) in [4.78, 5) is 0. The molecule has 0 spiro atoms. The van der Waals surface area contributed by atoms with Crippen molar-refractivity contribution < 1.29 is 17.6 Å². The number of alkyl halides is 3. The van der Waals surface area contributed by atoms with E-state index in [1.54, 1.807) is 6.07 Å². The third kappa shape index (κ3) is 3.40. The van der Waals surface area contributed by atoms with Crippen LogP contribution in [-0.2, 0) is 6.18 Å². The van der Waals surface area contributed by atoms with Crippen molar-refractivity contribution in [2.75, 3.05) is 5.32 Å². The van der Waals surface area contributed by atoms with Crippen LogP contribution in [0.2, 0.25) is 0 Å². The Morgan fingerprint density at radius 2 is 2.14 bits per heavy atom. The highest BCUT2D eigenvalue weighted by atomic mass is 79.9. The largest absolute Gasteiger partial charge is 0.417 e. The molecule has 0 unspecified atom stereocenters. The van der Waals surface area contributed by atoms with Crippen molar-refractivity contribution in [1.29, 1.82) is 5.26 Å². The zero-order valence-electron chi connectivity index (χ0n) is 10.4. The number of hydrogen-bond acceptors (Lipinski definition) is 5. The molecule has 0 aliphatic rings. The summed E-state index contributed by atoms with van der Waals surface area (Å²) in [6.45, 7) is 0. The topological polar surface area (TPSA) is 90.3 Å². The molecule has 0 fully saturated rings. The quantitative estimate of drug-likeness (QED) is 0.634. The van der Waals surface area contributed by atoms with Crippen LogP contribution >= 0.6 is 15.9 Å². The van der Waals surface area contributed by atoms with Crippen LogP contribution in [0, 0.1) is 17.1 Å². The van der Waals surface area contributed by atoms with Crippen LogP contribution in [0.4, 0.5) is 23.2 Å². The fraction of sp³-hybridized carbons (Fsp3) is 0.0909. The van der Waals surface area contributed by atoms with Crippen molar-refractivity contribution in [3.8, 4) is 6.07 Å². The van der Waals surface area contributed by atoms with Gasteiger partial charge in [0.2, 0.25) is 5.82 Å². The van der Waals surface area contributed by atoms with Gasteiger partial charge in [0.05, 0.1) is 10.0 Å². The lowest BCUT2D eigenvalue weighted by Gasteiger charge is -2.12. The van der Waals surface area contributed by atoms with E-state index < -0.39 is 22.0 Å². The molecule has 0 radical (unpaired) electrons. The summed E-state index contributed by atoms with van der Waals surface area (Å²) >= 11 is 2.55. The third-order valence-corrected chi connectivity index (χ3v) is 3.23. The molecule has 0 aliphatic heterocycles. The molecule has 6 nitrogen and oxygen atoms in total. The van der Waals surface area contributed by atoms with Crippen LogP contribution in [0.25, 0.3) is 5.57 Å². The first-order valence-electron chi connectivity index (χ1n) is 5.49. The fourth-order valence-corrected chi connectivity index (χ4v) is 1.91. The molecule has 0 atom stereocenters. The Balaban J connectivity index is 2.35. The Morgan fingerprint density at radius 1 is 1.41 bits per heavy atom. The van der Waals surface area contributed by atoms with Gasteiger partial charge in [-0.3, -0.25) is 0 Å². The summed E-state index contributed by atoms with van der Waals surface area (Å²) in [6, 6.07) is 3.29. The van der Waals surface area contributed by atoms with Gasteiger partial charge in [-0.15, -0.1) is 10.2 Å². The first-order chi connectivity index (χ1) is 10.3. The number of allylic oxidation sites excluding steroid dienone is 1. The van der Waals surface area contributed by atoms with Crippen molar-refractivity contribution >= 4 is 27.2 Å². The second-order valence-electron chi connectivity index (χ2n) is 3.87. The predicted molar refractivity (Wildman–Crippen MR) is 70.5 cm³/mol. The first-order valence-corrected chi connectivity index (χ1v) is 6.29. The number of tetrazole rings is 1. The summed E-state index contributed by atoms with van der Waals surface area (Å²) < 4.78 is 51.2. The van der Waals surface area contributed by atoms with Crippen molar-refractivity contribution in [3.05, 3.63) is 40.0 Å². The number of H-pyrrole nitrogens is 1. The number of aromatic nitrogens is 4. The average Bonchev–Trinajstić information content (AvgIpc) is 2.96. The van der Waals surface area contributed by atoms with Crippen LogP contribution in [0.15, 0.2) is 22.8 Å². The Bertz CT molecular complexity index is 747. The van der Waals surface area contributed by atoms with E-state index >= 15 is 0 Å². The van der Waals surface area contributed by atoms with Gasteiger partial charge in [0.25, 0.3) is 0 Å². The van der Waals surface area contributed by atoms with Crippen LogP contribution in [0.1, 0.15) is 11.4 Å².